The molecule has 2 rings (SSSR count). The van der Waals surface area contributed by atoms with Crippen LogP contribution < -0.4 is 0 Å². The number of fused-ring (bicyclic) bond motifs is 1. The fraction of sp³-hybridized carbons (Fsp3) is 0.267. The molecule has 0 aliphatic heterocycles. The van der Waals surface area contributed by atoms with Crippen molar-refractivity contribution in [3.05, 3.63) is 47.5 Å². The summed E-state index contributed by atoms with van der Waals surface area (Å²) >= 11 is 0. The topological polar surface area (TPSA) is 37.3 Å². The Balaban J connectivity index is 2.71. The summed E-state index contributed by atoms with van der Waals surface area (Å²) in [6.07, 6.45) is 0.0844. The Labute approximate surface area is 101 Å². The van der Waals surface area contributed by atoms with Gasteiger partial charge in [0.25, 0.3) is 0 Å². The predicted octanol–water partition coefficient (Wildman–Crippen LogP) is 3.59. The van der Waals surface area contributed by atoms with E-state index in [1.165, 1.54) is 5.56 Å². The normalized spacial score (nSPS) is 11.0. The number of hydrogen-bond acceptors (Lipinski definition) is 1. The van der Waals surface area contributed by atoms with Gasteiger partial charge in [-0.2, -0.15) is 0 Å². The molecule has 0 spiro atoms. The number of benzene rings is 2. The molecular weight excluding hydrogens is 212 g/mol. The lowest BCUT2D eigenvalue weighted by atomic mass is 9.92. The average Bonchev–Trinajstić information content (AvgIpc) is 2.27. The molecule has 2 aromatic carbocycles. The smallest absolute Gasteiger partial charge is 0.307 e. The van der Waals surface area contributed by atoms with Crippen molar-refractivity contribution in [2.45, 2.75) is 26.2 Å². The molecule has 0 heterocycles. The summed E-state index contributed by atoms with van der Waals surface area (Å²) in [4.78, 5) is 10.9. The van der Waals surface area contributed by atoms with Crippen LogP contribution in [0.1, 0.15) is 30.9 Å². The van der Waals surface area contributed by atoms with Crippen molar-refractivity contribution in [3.8, 4) is 0 Å². The maximum Gasteiger partial charge on any atom is 0.307 e. The zero-order valence-corrected chi connectivity index (χ0v) is 10.1. The molecule has 0 saturated carbocycles. The van der Waals surface area contributed by atoms with Gasteiger partial charge in [-0.25, -0.2) is 0 Å². The van der Waals surface area contributed by atoms with Crippen LogP contribution >= 0.6 is 0 Å². The van der Waals surface area contributed by atoms with Crippen LogP contribution in [0, 0.1) is 0 Å². The van der Waals surface area contributed by atoms with Crippen LogP contribution in [-0.4, -0.2) is 11.1 Å². The van der Waals surface area contributed by atoms with Gasteiger partial charge in [-0.05, 0) is 27.8 Å². The summed E-state index contributed by atoms with van der Waals surface area (Å²) in [5, 5.41) is 11.2. The SMILES string of the molecule is CC(C)c1cccc2cccc(CC(=O)O)c12. The quantitative estimate of drug-likeness (QED) is 0.871. The minimum Gasteiger partial charge on any atom is -0.481 e. The van der Waals surface area contributed by atoms with E-state index in [0.29, 0.717) is 5.92 Å². The van der Waals surface area contributed by atoms with Crippen LogP contribution in [0.25, 0.3) is 10.8 Å². The predicted molar refractivity (Wildman–Crippen MR) is 69.4 cm³/mol. The van der Waals surface area contributed by atoms with Crippen molar-refractivity contribution in [1.82, 2.24) is 0 Å². The van der Waals surface area contributed by atoms with E-state index in [2.05, 4.69) is 19.9 Å². The van der Waals surface area contributed by atoms with Crippen molar-refractivity contribution in [2.24, 2.45) is 0 Å². The van der Waals surface area contributed by atoms with Gasteiger partial charge in [-0.1, -0.05) is 50.2 Å². The molecule has 0 atom stereocenters. The van der Waals surface area contributed by atoms with Crippen molar-refractivity contribution in [3.63, 3.8) is 0 Å². The molecule has 0 saturated heterocycles. The zero-order chi connectivity index (χ0) is 12.4. The largest absolute Gasteiger partial charge is 0.481 e. The lowest BCUT2D eigenvalue weighted by molar-refractivity contribution is -0.136. The Morgan fingerprint density at radius 2 is 1.82 bits per heavy atom. The second kappa shape index (κ2) is 4.58. The number of carboxylic acid groups (broad SMARTS) is 1. The van der Waals surface area contributed by atoms with Gasteiger partial charge in [-0.3, -0.25) is 4.79 Å². The fourth-order valence-electron chi connectivity index (χ4n) is 2.24. The Kier molecular flexibility index (Phi) is 3.14. The Bertz CT molecular complexity index is 551. The average molecular weight is 228 g/mol. The molecule has 1 N–H and O–H groups in total. The standard InChI is InChI=1S/C15H16O2/c1-10(2)13-8-4-6-11-5-3-7-12(15(11)13)9-14(16)17/h3-8,10H,9H2,1-2H3,(H,16,17). The Hall–Kier alpha value is -1.83. The van der Waals surface area contributed by atoms with Crippen LogP contribution in [0.3, 0.4) is 0 Å². The lowest BCUT2D eigenvalue weighted by Crippen LogP contribution is -2.02. The minimum absolute atomic E-state index is 0.0844. The van der Waals surface area contributed by atoms with Gasteiger partial charge >= 0.3 is 5.97 Å². The molecule has 2 heteroatoms. The van der Waals surface area contributed by atoms with Crippen LogP contribution in [0.4, 0.5) is 0 Å². The Morgan fingerprint density at radius 3 is 2.41 bits per heavy atom. The highest BCUT2D eigenvalue weighted by atomic mass is 16.4. The fourth-order valence-corrected chi connectivity index (χ4v) is 2.24. The highest BCUT2D eigenvalue weighted by Crippen LogP contribution is 2.28. The molecule has 17 heavy (non-hydrogen) atoms. The molecule has 0 aromatic heterocycles. The summed E-state index contributed by atoms with van der Waals surface area (Å²) < 4.78 is 0. The first kappa shape index (κ1) is 11.6. The molecular formula is C15H16O2. The Morgan fingerprint density at radius 1 is 1.18 bits per heavy atom. The maximum absolute atomic E-state index is 10.9. The third-order valence-corrected chi connectivity index (χ3v) is 2.99. The zero-order valence-electron chi connectivity index (χ0n) is 10.1. The van der Waals surface area contributed by atoms with Gasteiger partial charge in [0.15, 0.2) is 0 Å². The van der Waals surface area contributed by atoms with E-state index in [1.54, 1.807) is 0 Å². The summed E-state index contributed by atoms with van der Waals surface area (Å²) in [5.41, 5.74) is 2.12. The van der Waals surface area contributed by atoms with Crippen LogP contribution in [0.15, 0.2) is 36.4 Å². The van der Waals surface area contributed by atoms with Gasteiger partial charge in [-0.15, -0.1) is 0 Å². The minimum atomic E-state index is -0.781. The van der Waals surface area contributed by atoms with E-state index < -0.39 is 5.97 Å². The van der Waals surface area contributed by atoms with Crippen LogP contribution in [-0.2, 0) is 11.2 Å². The first-order chi connectivity index (χ1) is 8.09. The second-order valence-electron chi connectivity index (χ2n) is 4.59. The number of hydrogen-bond donors (Lipinski definition) is 1. The number of carbonyl (C=O) groups is 1. The molecule has 88 valence electrons. The molecule has 0 radical (unpaired) electrons. The monoisotopic (exact) mass is 228 g/mol. The third kappa shape index (κ3) is 2.31. The first-order valence-electron chi connectivity index (χ1n) is 5.82. The van der Waals surface area contributed by atoms with E-state index in [9.17, 15) is 4.79 Å². The molecule has 0 amide bonds. The van der Waals surface area contributed by atoms with Crippen molar-refractivity contribution in [2.75, 3.05) is 0 Å². The first-order valence-corrected chi connectivity index (χ1v) is 5.82. The van der Waals surface area contributed by atoms with E-state index in [4.69, 9.17) is 5.11 Å². The van der Waals surface area contributed by atoms with Gasteiger partial charge < -0.3 is 5.11 Å². The summed E-state index contributed by atoms with van der Waals surface area (Å²) in [7, 11) is 0. The number of aliphatic carboxylic acids is 1. The number of carboxylic acids is 1. The lowest BCUT2D eigenvalue weighted by Gasteiger charge is -2.13. The summed E-state index contributed by atoms with van der Waals surface area (Å²) in [6, 6.07) is 12.0. The number of rotatable bonds is 3. The molecule has 0 fully saturated rings. The summed E-state index contributed by atoms with van der Waals surface area (Å²) in [6.45, 7) is 4.26. The summed E-state index contributed by atoms with van der Waals surface area (Å²) in [5.74, 6) is -0.385. The van der Waals surface area contributed by atoms with Crippen molar-refractivity contribution in [1.29, 1.82) is 0 Å². The van der Waals surface area contributed by atoms with Crippen LogP contribution in [0.5, 0.6) is 0 Å². The van der Waals surface area contributed by atoms with Crippen LogP contribution in [0.2, 0.25) is 0 Å². The second-order valence-corrected chi connectivity index (χ2v) is 4.59. The molecule has 2 nitrogen and oxygen atoms in total. The van der Waals surface area contributed by atoms with E-state index in [1.807, 2.05) is 30.3 Å². The highest BCUT2D eigenvalue weighted by Gasteiger charge is 2.10. The maximum atomic E-state index is 10.9. The third-order valence-electron chi connectivity index (χ3n) is 2.99. The molecule has 0 aliphatic carbocycles. The molecule has 2 aromatic rings. The van der Waals surface area contributed by atoms with Gasteiger partial charge in [0.2, 0.25) is 0 Å². The van der Waals surface area contributed by atoms with E-state index in [-0.39, 0.29) is 6.42 Å². The molecule has 0 aliphatic rings. The van der Waals surface area contributed by atoms with Gasteiger partial charge in [0.05, 0.1) is 6.42 Å². The van der Waals surface area contributed by atoms with Crippen molar-refractivity contribution >= 4 is 16.7 Å². The molecule has 0 unspecified atom stereocenters. The molecule has 0 bridgehead atoms. The van der Waals surface area contributed by atoms with E-state index in [0.717, 1.165) is 16.3 Å². The van der Waals surface area contributed by atoms with Gasteiger partial charge in [0, 0.05) is 0 Å². The van der Waals surface area contributed by atoms with E-state index >= 15 is 0 Å². The highest BCUT2D eigenvalue weighted by molar-refractivity contribution is 5.91. The van der Waals surface area contributed by atoms with Crippen molar-refractivity contribution < 1.29 is 9.90 Å². The van der Waals surface area contributed by atoms with Gasteiger partial charge in [0.1, 0.15) is 0 Å².